The van der Waals surface area contributed by atoms with Crippen LogP contribution in [0.2, 0.25) is 5.02 Å². The third-order valence-corrected chi connectivity index (χ3v) is 4.99. The van der Waals surface area contributed by atoms with Crippen molar-refractivity contribution >= 4 is 53.3 Å². The molecule has 1 aromatic rings. The van der Waals surface area contributed by atoms with E-state index >= 15 is 0 Å². The van der Waals surface area contributed by atoms with E-state index in [2.05, 4.69) is 25.5 Å². The van der Waals surface area contributed by atoms with E-state index in [1.807, 2.05) is 19.1 Å². The molecule has 0 bridgehead atoms. The number of anilines is 1. The van der Waals surface area contributed by atoms with Crippen LogP contribution in [0.1, 0.15) is 45.4 Å². The Morgan fingerprint density at radius 3 is 2.90 bits per heavy atom. The lowest BCUT2D eigenvalue weighted by Gasteiger charge is -2.20. The normalized spacial score (nSPS) is 16.3. The molecule has 164 valence electrons. The van der Waals surface area contributed by atoms with Gasteiger partial charge in [-0.3, -0.25) is 9.79 Å². The van der Waals surface area contributed by atoms with Gasteiger partial charge in [-0.05, 0) is 38.3 Å². The number of aliphatic imine (C=N–C) groups is 1. The Hall–Kier alpha value is -1.29. The van der Waals surface area contributed by atoms with E-state index in [1.165, 1.54) is 0 Å². The first-order valence-electron chi connectivity index (χ1n) is 10.1. The Kier molecular flexibility index (Phi) is 13.0. The first-order valence-corrected chi connectivity index (χ1v) is 10.5. The maximum Gasteiger partial charge on any atom is 0.305 e. The summed E-state index contributed by atoms with van der Waals surface area (Å²) in [5.41, 5.74) is 0. The van der Waals surface area contributed by atoms with Gasteiger partial charge < -0.3 is 20.3 Å². The number of ether oxygens (including phenoxy) is 1. The zero-order valence-electron chi connectivity index (χ0n) is 17.3. The largest absolute Gasteiger partial charge is 0.466 e. The van der Waals surface area contributed by atoms with Gasteiger partial charge in [0, 0.05) is 45.3 Å². The average molecular weight is 538 g/mol. The second-order valence-corrected chi connectivity index (χ2v) is 7.26. The molecule has 9 heteroatoms. The number of nitrogens with one attached hydrogen (secondary N) is 2. The van der Waals surface area contributed by atoms with Gasteiger partial charge >= 0.3 is 5.97 Å². The van der Waals surface area contributed by atoms with Crippen LogP contribution in [-0.2, 0) is 9.53 Å². The number of halogens is 2. The predicted octanol–water partition coefficient (Wildman–Crippen LogP) is 3.61. The third-order valence-electron chi connectivity index (χ3n) is 4.70. The van der Waals surface area contributed by atoms with Crippen LogP contribution in [0.4, 0.5) is 5.82 Å². The van der Waals surface area contributed by atoms with Crippen LogP contribution >= 0.6 is 35.6 Å². The maximum atomic E-state index is 11.3. The Balaban J connectivity index is 0.00000420. The number of carbonyl (C=O) groups excluding carboxylic acids is 1. The third kappa shape index (κ3) is 9.37. The Labute approximate surface area is 196 Å². The Bertz CT molecular complexity index is 647. The highest BCUT2D eigenvalue weighted by atomic mass is 127. The lowest BCUT2D eigenvalue weighted by molar-refractivity contribution is -0.143. The van der Waals surface area contributed by atoms with Crippen molar-refractivity contribution in [2.45, 2.75) is 51.5 Å². The van der Waals surface area contributed by atoms with E-state index in [0.717, 1.165) is 63.5 Å². The summed E-state index contributed by atoms with van der Waals surface area (Å²) in [6.45, 7) is 4.93. The topological polar surface area (TPSA) is 78.8 Å². The zero-order valence-corrected chi connectivity index (χ0v) is 20.4. The maximum absolute atomic E-state index is 11.3. The van der Waals surface area contributed by atoms with Crippen LogP contribution in [0.15, 0.2) is 23.3 Å². The van der Waals surface area contributed by atoms with Crippen molar-refractivity contribution in [1.82, 2.24) is 15.6 Å². The zero-order chi connectivity index (χ0) is 20.2. The van der Waals surface area contributed by atoms with Crippen molar-refractivity contribution in [3.63, 3.8) is 0 Å². The van der Waals surface area contributed by atoms with Gasteiger partial charge in [0.05, 0.1) is 11.6 Å². The summed E-state index contributed by atoms with van der Waals surface area (Å²) >= 11 is 6.25. The number of hydrogen-bond donors (Lipinski definition) is 2. The van der Waals surface area contributed by atoms with Gasteiger partial charge in [-0.15, -0.1) is 24.0 Å². The van der Waals surface area contributed by atoms with Crippen molar-refractivity contribution in [3.8, 4) is 0 Å². The number of guanidine groups is 1. The molecule has 2 N–H and O–H groups in total. The summed E-state index contributed by atoms with van der Waals surface area (Å²) in [4.78, 5) is 22.2. The van der Waals surface area contributed by atoms with Gasteiger partial charge in [0.15, 0.2) is 5.96 Å². The molecule has 1 unspecified atom stereocenters. The minimum absolute atomic E-state index is 0. The van der Waals surface area contributed by atoms with Gasteiger partial charge in [0.2, 0.25) is 0 Å². The van der Waals surface area contributed by atoms with E-state index in [1.54, 1.807) is 13.2 Å². The van der Waals surface area contributed by atoms with E-state index in [4.69, 9.17) is 16.3 Å². The number of aromatic nitrogens is 1. The summed E-state index contributed by atoms with van der Waals surface area (Å²) < 4.78 is 4.93. The lowest BCUT2D eigenvalue weighted by atomic mass is 10.1. The monoisotopic (exact) mass is 537 g/mol. The van der Waals surface area contributed by atoms with Gasteiger partial charge in [0.1, 0.15) is 5.82 Å². The van der Waals surface area contributed by atoms with Crippen LogP contribution in [0.25, 0.3) is 0 Å². The highest BCUT2D eigenvalue weighted by Crippen LogP contribution is 2.25. The first kappa shape index (κ1) is 25.7. The minimum Gasteiger partial charge on any atom is -0.466 e. The molecule has 29 heavy (non-hydrogen) atoms. The van der Waals surface area contributed by atoms with Gasteiger partial charge in [-0.2, -0.15) is 0 Å². The number of nitrogens with zero attached hydrogens (tertiary/aromatic N) is 3. The van der Waals surface area contributed by atoms with Crippen LogP contribution in [0.3, 0.4) is 0 Å². The molecule has 1 aliphatic heterocycles. The fourth-order valence-electron chi connectivity index (χ4n) is 3.26. The van der Waals surface area contributed by atoms with Crippen LogP contribution < -0.4 is 15.5 Å². The second kappa shape index (κ2) is 14.7. The lowest BCUT2D eigenvalue weighted by Crippen LogP contribution is -2.44. The summed E-state index contributed by atoms with van der Waals surface area (Å²) in [6.07, 6.45) is 7.36. The van der Waals surface area contributed by atoms with Crippen LogP contribution in [-0.4, -0.2) is 56.2 Å². The number of rotatable bonds is 10. The van der Waals surface area contributed by atoms with Crippen molar-refractivity contribution in [2.75, 3.05) is 38.2 Å². The fraction of sp³-hybridized carbons (Fsp3) is 0.650. The second-order valence-electron chi connectivity index (χ2n) is 6.85. The molecule has 1 saturated heterocycles. The molecule has 0 saturated carbocycles. The molecule has 1 atom stereocenters. The molecule has 1 fully saturated rings. The molecule has 0 aliphatic carbocycles. The smallest absolute Gasteiger partial charge is 0.305 e. The summed E-state index contributed by atoms with van der Waals surface area (Å²) in [6, 6.07) is 4.03. The van der Waals surface area contributed by atoms with E-state index in [9.17, 15) is 4.79 Å². The fourth-order valence-corrected chi connectivity index (χ4v) is 3.50. The number of pyridine rings is 1. The van der Waals surface area contributed by atoms with Crippen molar-refractivity contribution < 1.29 is 9.53 Å². The molecule has 1 aromatic heterocycles. The minimum atomic E-state index is -0.0946. The van der Waals surface area contributed by atoms with Gasteiger partial charge in [0.25, 0.3) is 0 Å². The molecule has 0 radical (unpaired) electrons. The van der Waals surface area contributed by atoms with Crippen molar-refractivity contribution in [2.24, 2.45) is 4.99 Å². The standard InChI is InChI=1S/C20H32ClN5O2.HI/c1-3-28-18(27)10-6-4-5-7-12-24-20(22-2)25-16-11-14-26(15-16)19-17(21)9-8-13-23-19;/h8-9,13,16H,3-7,10-12,14-15H2,1-2H3,(H2,22,24,25);1H. The first-order chi connectivity index (χ1) is 13.6. The Morgan fingerprint density at radius 2 is 2.17 bits per heavy atom. The molecule has 0 amide bonds. The summed E-state index contributed by atoms with van der Waals surface area (Å²) in [5.74, 6) is 1.58. The predicted molar refractivity (Wildman–Crippen MR) is 129 cm³/mol. The number of esters is 1. The highest BCUT2D eigenvalue weighted by molar-refractivity contribution is 14.0. The average Bonchev–Trinajstić information content (AvgIpc) is 3.15. The van der Waals surface area contributed by atoms with E-state index < -0.39 is 0 Å². The van der Waals surface area contributed by atoms with E-state index in [-0.39, 0.29) is 29.9 Å². The number of carbonyl (C=O) groups is 1. The Morgan fingerprint density at radius 1 is 1.38 bits per heavy atom. The van der Waals surface area contributed by atoms with Crippen molar-refractivity contribution in [3.05, 3.63) is 23.4 Å². The summed E-state index contributed by atoms with van der Waals surface area (Å²) in [7, 11) is 1.79. The molecular formula is C20H33ClIN5O2. The number of unbranched alkanes of at least 4 members (excludes halogenated alkanes) is 3. The van der Waals surface area contributed by atoms with Crippen LogP contribution in [0.5, 0.6) is 0 Å². The molecule has 2 rings (SSSR count). The quantitative estimate of drug-likeness (QED) is 0.156. The SMILES string of the molecule is CCOC(=O)CCCCCCNC(=NC)NC1CCN(c2ncccc2Cl)C1.I. The molecule has 2 heterocycles. The number of hydrogen-bond acceptors (Lipinski definition) is 5. The summed E-state index contributed by atoms with van der Waals surface area (Å²) in [5, 5.41) is 7.54. The van der Waals surface area contributed by atoms with Crippen molar-refractivity contribution in [1.29, 1.82) is 0 Å². The molecule has 1 aliphatic rings. The van der Waals surface area contributed by atoms with Crippen LogP contribution in [0, 0.1) is 0 Å². The highest BCUT2D eigenvalue weighted by Gasteiger charge is 2.25. The molecule has 0 spiro atoms. The van der Waals surface area contributed by atoms with Gasteiger partial charge in [-0.25, -0.2) is 4.98 Å². The molecule has 7 nitrogen and oxygen atoms in total. The van der Waals surface area contributed by atoms with E-state index in [0.29, 0.717) is 24.1 Å². The molecular weight excluding hydrogens is 505 g/mol. The molecule has 0 aromatic carbocycles. The van der Waals surface area contributed by atoms with Gasteiger partial charge in [-0.1, -0.05) is 24.4 Å².